The highest BCUT2D eigenvalue weighted by Gasteiger charge is 2.29. The van der Waals surface area contributed by atoms with Crippen LogP contribution in [0, 0.1) is 6.85 Å². The van der Waals surface area contributed by atoms with Crippen LogP contribution in [0.3, 0.4) is 0 Å². The smallest absolute Gasteiger partial charge is 0.149 e. The van der Waals surface area contributed by atoms with E-state index in [-0.39, 0.29) is 22.1 Å². The molecule has 0 spiro atoms. The second-order valence-corrected chi connectivity index (χ2v) is 20.4. The van der Waals surface area contributed by atoms with Crippen LogP contribution in [0.4, 0.5) is 0 Å². The lowest BCUT2D eigenvalue weighted by atomic mass is 9.79. The third kappa shape index (κ3) is 8.54. The first-order chi connectivity index (χ1) is 32.1. The second-order valence-electron chi connectivity index (χ2n) is 20.4. The summed E-state index contributed by atoms with van der Waals surface area (Å²) in [5.74, 6) is 0.712. The molecule has 1 N–H and O–H groups in total. The van der Waals surface area contributed by atoms with E-state index in [1.807, 2.05) is 42.6 Å². The zero-order valence-electron chi connectivity index (χ0n) is 42.0. The molecule has 0 saturated carbocycles. The van der Waals surface area contributed by atoms with Gasteiger partial charge in [-0.1, -0.05) is 177 Å². The molecule has 65 heavy (non-hydrogen) atoms. The van der Waals surface area contributed by atoms with Gasteiger partial charge in [-0.3, -0.25) is 9.55 Å². The van der Waals surface area contributed by atoms with Crippen LogP contribution in [0.5, 0.6) is 5.75 Å². The van der Waals surface area contributed by atoms with Gasteiger partial charge in [-0.25, -0.2) is 4.98 Å². The Hall–Kier alpha value is -7.04. The van der Waals surface area contributed by atoms with Crippen LogP contribution in [-0.4, -0.2) is 19.6 Å². The molecule has 0 radical (unpaired) electrons. The van der Waals surface area contributed by atoms with Crippen molar-refractivity contribution in [1.82, 2.24) is 14.5 Å². The van der Waals surface area contributed by atoms with Crippen LogP contribution in [0.25, 0.3) is 83.9 Å². The zero-order valence-corrected chi connectivity index (χ0v) is 39.0. The van der Waals surface area contributed by atoms with Crippen LogP contribution >= 0.6 is 0 Å². The topological polar surface area (TPSA) is 50.9 Å². The van der Waals surface area contributed by atoms with Gasteiger partial charge < -0.3 is 5.11 Å². The van der Waals surface area contributed by atoms with E-state index in [9.17, 15) is 5.11 Å². The molecule has 9 aromatic rings. The summed E-state index contributed by atoms with van der Waals surface area (Å²) < 4.78 is 27.6. The minimum absolute atomic E-state index is 0.0786. The molecule has 2 heterocycles. The minimum atomic E-state index is -2.34. The van der Waals surface area contributed by atoms with Crippen LogP contribution in [0.2, 0.25) is 0 Å². The predicted octanol–water partition coefficient (Wildman–Crippen LogP) is 16.3. The van der Waals surface area contributed by atoms with Gasteiger partial charge in [-0.15, -0.1) is 0 Å². The van der Waals surface area contributed by atoms with E-state index in [2.05, 4.69) is 182 Å². The highest BCUT2D eigenvalue weighted by molar-refractivity contribution is 5.98. The number of pyridine rings is 1. The molecule has 0 aliphatic heterocycles. The number of phenolic OH excluding ortho intramolecular Hbond substituents is 1. The molecule has 4 nitrogen and oxygen atoms in total. The van der Waals surface area contributed by atoms with Gasteiger partial charge >= 0.3 is 0 Å². The van der Waals surface area contributed by atoms with Crippen molar-refractivity contribution in [2.24, 2.45) is 0 Å². The Morgan fingerprint density at radius 1 is 0.477 bits per heavy atom. The highest BCUT2D eigenvalue weighted by atomic mass is 16.3. The van der Waals surface area contributed by atoms with Gasteiger partial charge in [0.1, 0.15) is 11.6 Å². The van der Waals surface area contributed by atoms with Crippen molar-refractivity contribution in [2.45, 2.75) is 85.4 Å². The molecular formula is C61H59N3O. The van der Waals surface area contributed by atoms with Crippen molar-refractivity contribution in [3.8, 4) is 78.6 Å². The number of nitrogens with zero attached hydrogens (tertiary/aromatic N) is 3. The van der Waals surface area contributed by atoms with Gasteiger partial charge in [0.2, 0.25) is 0 Å². The van der Waals surface area contributed by atoms with E-state index >= 15 is 0 Å². The molecule has 0 atom stereocenters. The molecule has 324 valence electrons. The van der Waals surface area contributed by atoms with Crippen LogP contribution in [0.1, 0.15) is 88.7 Å². The average molecular weight is 853 g/mol. The predicted molar refractivity (Wildman–Crippen MR) is 274 cm³/mol. The van der Waals surface area contributed by atoms with Crippen LogP contribution in [-0.2, 0) is 16.2 Å². The quantitative estimate of drug-likeness (QED) is 0.174. The highest BCUT2D eigenvalue weighted by Crippen LogP contribution is 2.46. The standard InChI is InChI=1S/C61H59N3O/c1-39-24-29-54(50(32-39)42-25-27-47(28-26-42)59(2,3)4)64-55-23-17-22-49(56(55)63-58(64)51-37-48(60(5,6)7)38-52(57(51)65)61(8,9)10)45-33-44(41-20-15-12-16-21-41)34-46(35-45)53-36-43(30-31-62-53)40-18-13-11-14-19-40/h11-38,65H,1-10H3/i1D3. The SMILES string of the molecule is [2H]C([2H])([2H])c1ccc(-n2c(-c3cc(C(C)(C)C)cc(C(C)(C)C)c3O)nc3c(-c4cc(-c5ccccc5)cc(-c5cc(-c6ccccc6)ccn5)c4)cccc32)c(-c2ccc(C(C)(C)C)cc2)c1. The molecule has 0 bridgehead atoms. The first kappa shape index (κ1) is 39.5. The van der Waals surface area contributed by atoms with Gasteiger partial charge in [0.05, 0.1) is 28.0 Å². The third-order valence-electron chi connectivity index (χ3n) is 12.5. The fourth-order valence-corrected chi connectivity index (χ4v) is 8.81. The first-order valence-corrected chi connectivity index (χ1v) is 22.5. The molecule has 7 aromatic carbocycles. The number of aromatic hydroxyl groups is 1. The Morgan fingerprint density at radius 3 is 1.77 bits per heavy atom. The number of para-hydroxylation sites is 1. The van der Waals surface area contributed by atoms with E-state index in [1.54, 1.807) is 12.1 Å². The molecule has 9 rings (SSSR count). The molecule has 0 amide bonds. The molecule has 0 saturated heterocycles. The molecule has 0 fully saturated rings. The van der Waals surface area contributed by atoms with Crippen molar-refractivity contribution in [2.75, 3.05) is 0 Å². The maximum atomic E-state index is 12.6. The third-order valence-corrected chi connectivity index (χ3v) is 12.5. The number of aryl methyl sites for hydroxylation is 1. The Morgan fingerprint density at radius 2 is 1.12 bits per heavy atom. The number of benzene rings is 7. The lowest BCUT2D eigenvalue weighted by Gasteiger charge is -2.27. The Kier molecular flexibility index (Phi) is 10.0. The van der Waals surface area contributed by atoms with Crippen molar-refractivity contribution in [3.63, 3.8) is 0 Å². The molecule has 0 aliphatic carbocycles. The molecule has 4 heteroatoms. The second kappa shape index (κ2) is 16.5. The van der Waals surface area contributed by atoms with E-state index < -0.39 is 12.3 Å². The van der Waals surface area contributed by atoms with Gasteiger partial charge in [0.25, 0.3) is 0 Å². The van der Waals surface area contributed by atoms with Gasteiger partial charge in [0, 0.05) is 32.6 Å². The Balaban J connectivity index is 1.37. The average Bonchev–Trinajstić information content (AvgIpc) is 3.70. The summed E-state index contributed by atoms with van der Waals surface area (Å²) in [7, 11) is 0. The van der Waals surface area contributed by atoms with E-state index in [0.717, 1.165) is 83.6 Å². The van der Waals surface area contributed by atoms with Crippen molar-refractivity contribution in [1.29, 1.82) is 0 Å². The summed E-state index contributed by atoms with van der Waals surface area (Å²) in [4.78, 5) is 10.6. The number of rotatable bonds is 7. The van der Waals surface area contributed by atoms with E-state index in [4.69, 9.17) is 14.1 Å². The minimum Gasteiger partial charge on any atom is -0.507 e. The van der Waals surface area contributed by atoms with E-state index in [0.29, 0.717) is 11.4 Å². The number of imidazole rings is 1. The maximum Gasteiger partial charge on any atom is 0.149 e. The molecular weight excluding hydrogens is 791 g/mol. The molecule has 2 aromatic heterocycles. The summed E-state index contributed by atoms with van der Waals surface area (Å²) in [6.45, 7) is 17.1. The van der Waals surface area contributed by atoms with Crippen LogP contribution < -0.4 is 0 Å². The number of aromatic nitrogens is 3. The fraction of sp³-hybridized carbons (Fsp3) is 0.213. The normalized spacial score (nSPS) is 13.1. The van der Waals surface area contributed by atoms with Gasteiger partial charge in [-0.05, 0) is 122 Å². The lowest BCUT2D eigenvalue weighted by Crippen LogP contribution is -2.17. The Labute approximate surface area is 389 Å². The van der Waals surface area contributed by atoms with Crippen molar-refractivity contribution < 1.29 is 9.22 Å². The molecule has 0 unspecified atom stereocenters. The number of fused-ring (bicyclic) bond motifs is 1. The van der Waals surface area contributed by atoms with Crippen molar-refractivity contribution in [3.05, 3.63) is 192 Å². The Bertz CT molecular complexity index is 3310. The van der Waals surface area contributed by atoms with Crippen molar-refractivity contribution >= 4 is 11.0 Å². The first-order valence-electron chi connectivity index (χ1n) is 24.0. The number of hydrogen-bond donors (Lipinski definition) is 1. The van der Waals surface area contributed by atoms with Gasteiger partial charge in [-0.2, -0.15) is 0 Å². The van der Waals surface area contributed by atoms with Gasteiger partial charge in [0.15, 0.2) is 0 Å². The summed E-state index contributed by atoms with van der Waals surface area (Å²) in [5, 5.41) is 12.6. The summed E-state index contributed by atoms with van der Waals surface area (Å²) in [6.07, 6.45) is 1.87. The number of phenols is 1. The summed E-state index contributed by atoms with van der Waals surface area (Å²) in [6, 6.07) is 55.8. The van der Waals surface area contributed by atoms with E-state index in [1.165, 1.54) is 5.56 Å². The lowest BCUT2D eigenvalue weighted by molar-refractivity contribution is 0.446. The maximum absolute atomic E-state index is 12.6. The summed E-state index contributed by atoms with van der Waals surface area (Å²) >= 11 is 0. The largest absolute Gasteiger partial charge is 0.507 e. The van der Waals surface area contributed by atoms with Crippen LogP contribution in [0.15, 0.2) is 170 Å². The summed E-state index contributed by atoms with van der Waals surface area (Å²) in [5.41, 5.74) is 15.0. The monoisotopic (exact) mass is 852 g/mol. The fourth-order valence-electron chi connectivity index (χ4n) is 8.81. The number of hydrogen-bond acceptors (Lipinski definition) is 3. The molecule has 0 aliphatic rings. The zero-order chi connectivity index (χ0) is 48.3.